The summed E-state index contributed by atoms with van der Waals surface area (Å²) in [4.78, 5) is 4.28. The van der Waals surface area contributed by atoms with Crippen LogP contribution in [-0.2, 0) is 13.0 Å². The van der Waals surface area contributed by atoms with Crippen molar-refractivity contribution in [3.8, 4) is 11.1 Å². The molecule has 0 amide bonds. The minimum atomic E-state index is 0.902. The van der Waals surface area contributed by atoms with Crippen molar-refractivity contribution in [1.82, 2.24) is 10.3 Å². The summed E-state index contributed by atoms with van der Waals surface area (Å²) in [5.41, 5.74) is 6.90. The molecule has 2 nitrogen and oxygen atoms in total. The molecule has 0 saturated carbocycles. The molecular formula is C18H18N2S. The number of nitrogens with one attached hydrogen (secondary N) is 1. The second-order valence-corrected chi connectivity index (χ2v) is 5.69. The Hall–Kier alpha value is -1.97. The van der Waals surface area contributed by atoms with Crippen LogP contribution >= 0.6 is 11.3 Å². The summed E-state index contributed by atoms with van der Waals surface area (Å²) in [5.74, 6) is 0. The van der Waals surface area contributed by atoms with Crippen molar-refractivity contribution in [3.63, 3.8) is 0 Å². The van der Waals surface area contributed by atoms with E-state index < -0.39 is 0 Å². The first kappa shape index (κ1) is 14.0. The van der Waals surface area contributed by atoms with E-state index in [0.29, 0.717) is 0 Å². The van der Waals surface area contributed by atoms with Gasteiger partial charge in [0, 0.05) is 24.9 Å². The number of hydrogen-bond donors (Lipinski definition) is 1. The van der Waals surface area contributed by atoms with Crippen LogP contribution in [0.5, 0.6) is 0 Å². The molecule has 0 unspecified atom stereocenters. The van der Waals surface area contributed by atoms with Gasteiger partial charge >= 0.3 is 0 Å². The van der Waals surface area contributed by atoms with Crippen LogP contribution in [0, 0.1) is 0 Å². The van der Waals surface area contributed by atoms with E-state index in [9.17, 15) is 0 Å². The van der Waals surface area contributed by atoms with Crippen LogP contribution in [0.15, 0.2) is 65.5 Å². The zero-order chi connectivity index (χ0) is 14.3. The largest absolute Gasteiger partial charge is 0.312 e. The molecule has 2 aromatic carbocycles. The van der Waals surface area contributed by atoms with Crippen LogP contribution in [0.4, 0.5) is 0 Å². The average molecular weight is 294 g/mol. The van der Waals surface area contributed by atoms with Gasteiger partial charge in [-0.2, -0.15) is 0 Å². The van der Waals surface area contributed by atoms with Crippen LogP contribution in [-0.4, -0.2) is 11.5 Å². The fourth-order valence-corrected chi connectivity index (χ4v) is 2.85. The number of rotatable bonds is 6. The first-order valence-electron chi connectivity index (χ1n) is 7.14. The van der Waals surface area contributed by atoms with Crippen molar-refractivity contribution in [2.45, 2.75) is 13.0 Å². The fourth-order valence-electron chi connectivity index (χ4n) is 2.26. The lowest BCUT2D eigenvalue weighted by Gasteiger charge is -2.06. The van der Waals surface area contributed by atoms with E-state index in [0.717, 1.165) is 19.5 Å². The van der Waals surface area contributed by atoms with Crippen molar-refractivity contribution >= 4 is 11.3 Å². The summed E-state index contributed by atoms with van der Waals surface area (Å²) in [6.45, 7) is 1.86. The van der Waals surface area contributed by atoms with E-state index >= 15 is 0 Å². The Morgan fingerprint density at radius 3 is 2.38 bits per heavy atom. The van der Waals surface area contributed by atoms with Crippen LogP contribution < -0.4 is 5.32 Å². The minimum absolute atomic E-state index is 0.902. The fraction of sp³-hybridized carbons (Fsp3) is 0.167. The van der Waals surface area contributed by atoms with Crippen LogP contribution in [0.3, 0.4) is 0 Å². The van der Waals surface area contributed by atoms with Gasteiger partial charge in [0.2, 0.25) is 0 Å². The molecular weight excluding hydrogens is 276 g/mol. The molecule has 1 aromatic heterocycles. The van der Waals surface area contributed by atoms with Crippen molar-refractivity contribution in [2.75, 3.05) is 6.54 Å². The Morgan fingerprint density at radius 1 is 0.905 bits per heavy atom. The molecule has 0 bridgehead atoms. The summed E-state index contributed by atoms with van der Waals surface area (Å²) >= 11 is 1.65. The Balaban J connectivity index is 1.50. The maximum atomic E-state index is 4.28. The molecule has 0 fully saturated rings. The number of nitrogens with zero attached hydrogens (tertiary/aromatic N) is 1. The van der Waals surface area contributed by atoms with E-state index in [-0.39, 0.29) is 0 Å². The SMILES string of the molecule is c1ccc(-c2ccc(CNCCc3cscn3)cc2)cc1. The molecule has 3 aromatic rings. The summed E-state index contributed by atoms with van der Waals surface area (Å²) in [6.07, 6.45) is 0.992. The molecule has 0 spiro atoms. The molecule has 1 N–H and O–H groups in total. The summed E-state index contributed by atoms with van der Waals surface area (Å²) in [5, 5.41) is 5.57. The van der Waals surface area contributed by atoms with Crippen LogP contribution in [0.25, 0.3) is 11.1 Å². The van der Waals surface area contributed by atoms with Gasteiger partial charge in [-0.1, -0.05) is 54.6 Å². The van der Waals surface area contributed by atoms with Crippen molar-refractivity contribution < 1.29 is 0 Å². The molecule has 0 radical (unpaired) electrons. The van der Waals surface area contributed by atoms with E-state index in [2.05, 4.69) is 64.2 Å². The van der Waals surface area contributed by atoms with Gasteiger partial charge in [-0.15, -0.1) is 11.3 Å². The van der Waals surface area contributed by atoms with Gasteiger partial charge in [-0.3, -0.25) is 0 Å². The van der Waals surface area contributed by atoms with Gasteiger partial charge in [-0.25, -0.2) is 4.98 Å². The Labute approximate surface area is 129 Å². The van der Waals surface area contributed by atoms with Gasteiger partial charge in [0.05, 0.1) is 11.2 Å². The average Bonchev–Trinajstić information content (AvgIpc) is 3.06. The first-order valence-corrected chi connectivity index (χ1v) is 8.08. The number of hydrogen-bond acceptors (Lipinski definition) is 3. The Morgan fingerprint density at radius 2 is 1.67 bits per heavy atom. The molecule has 0 atom stereocenters. The van der Waals surface area contributed by atoms with Crippen molar-refractivity contribution in [3.05, 3.63) is 76.7 Å². The predicted molar refractivity (Wildman–Crippen MR) is 89.4 cm³/mol. The molecule has 106 valence electrons. The molecule has 21 heavy (non-hydrogen) atoms. The predicted octanol–water partition coefficient (Wildman–Crippen LogP) is 4.14. The first-order chi connectivity index (χ1) is 10.4. The highest BCUT2D eigenvalue weighted by atomic mass is 32.1. The zero-order valence-electron chi connectivity index (χ0n) is 11.8. The lowest BCUT2D eigenvalue weighted by molar-refractivity contribution is 0.681. The third-order valence-electron chi connectivity index (χ3n) is 3.43. The molecule has 0 aliphatic rings. The second-order valence-electron chi connectivity index (χ2n) is 4.97. The third kappa shape index (κ3) is 4.00. The molecule has 3 heteroatoms. The maximum absolute atomic E-state index is 4.28. The highest BCUT2D eigenvalue weighted by Crippen LogP contribution is 2.19. The van der Waals surface area contributed by atoms with Gasteiger partial charge < -0.3 is 5.32 Å². The van der Waals surface area contributed by atoms with E-state index in [1.165, 1.54) is 22.4 Å². The van der Waals surface area contributed by atoms with Gasteiger partial charge in [-0.05, 0) is 16.7 Å². The van der Waals surface area contributed by atoms with Gasteiger partial charge in [0.15, 0.2) is 0 Å². The standard InChI is InChI=1S/C18H18N2S/c1-2-4-16(5-3-1)17-8-6-15(7-9-17)12-19-11-10-18-13-21-14-20-18/h1-9,13-14,19H,10-12H2. The highest BCUT2D eigenvalue weighted by molar-refractivity contribution is 7.07. The third-order valence-corrected chi connectivity index (χ3v) is 4.07. The minimum Gasteiger partial charge on any atom is -0.312 e. The number of aromatic nitrogens is 1. The molecule has 0 aliphatic heterocycles. The summed E-state index contributed by atoms with van der Waals surface area (Å²) in [7, 11) is 0. The maximum Gasteiger partial charge on any atom is 0.0794 e. The van der Waals surface area contributed by atoms with E-state index in [4.69, 9.17) is 0 Å². The summed E-state index contributed by atoms with van der Waals surface area (Å²) < 4.78 is 0. The highest BCUT2D eigenvalue weighted by Gasteiger charge is 1.98. The monoisotopic (exact) mass is 294 g/mol. The lowest BCUT2D eigenvalue weighted by atomic mass is 10.0. The second kappa shape index (κ2) is 7.16. The van der Waals surface area contributed by atoms with Gasteiger partial charge in [0.1, 0.15) is 0 Å². The topological polar surface area (TPSA) is 24.9 Å². The smallest absolute Gasteiger partial charge is 0.0794 e. The quantitative estimate of drug-likeness (QED) is 0.691. The Bertz CT molecular complexity index is 645. The van der Waals surface area contributed by atoms with Gasteiger partial charge in [0.25, 0.3) is 0 Å². The van der Waals surface area contributed by atoms with Crippen molar-refractivity contribution in [1.29, 1.82) is 0 Å². The molecule has 3 rings (SSSR count). The van der Waals surface area contributed by atoms with Crippen molar-refractivity contribution in [2.24, 2.45) is 0 Å². The van der Waals surface area contributed by atoms with E-state index in [1.807, 2.05) is 11.6 Å². The molecule has 1 heterocycles. The Kier molecular flexibility index (Phi) is 4.77. The lowest BCUT2D eigenvalue weighted by Crippen LogP contribution is -2.16. The normalized spacial score (nSPS) is 10.7. The number of benzene rings is 2. The zero-order valence-corrected chi connectivity index (χ0v) is 12.6. The molecule has 0 saturated heterocycles. The number of thiazole rings is 1. The summed E-state index contributed by atoms with van der Waals surface area (Å²) in [6, 6.07) is 19.2. The van der Waals surface area contributed by atoms with E-state index in [1.54, 1.807) is 11.3 Å². The van der Waals surface area contributed by atoms with Crippen LogP contribution in [0.2, 0.25) is 0 Å². The van der Waals surface area contributed by atoms with Crippen LogP contribution in [0.1, 0.15) is 11.3 Å². The molecule has 0 aliphatic carbocycles.